The maximum Gasteiger partial charge on any atom is 0.120 e. The molecule has 1 N–H and O–H groups in total. The Balaban J connectivity index is 0.00000225. The summed E-state index contributed by atoms with van der Waals surface area (Å²) in [5.74, 6) is 1.35. The van der Waals surface area contributed by atoms with Crippen molar-refractivity contribution in [2.24, 2.45) is 5.92 Å². The predicted octanol–water partition coefficient (Wildman–Crippen LogP) is 4.75. The minimum absolute atomic E-state index is 0. The summed E-state index contributed by atoms with van der Waals surface area (Å²) in [7, 11) is 3.72. The number of allylic oxidation sites excluding steroid dienone is 6. The quantitative estimate of drug-likeness (QED) is 0.786. The molecule has 4 heteroatoms. The van der Waals surface area contributed by atoms with Crippen LogP contribution in [0.25, 0.3) is 0 Å². The van der Waals surface area contributed by atoms with Gasteiger partial charge in [0, 0.05) is 24.6 Å². The lowest BCUT2D eigenvalue weighted by molar-refractivity contribution is 0.387. The summed E-state index contributed by atoms with van der Waals surface area (Å²) in [6.45, 7) is 3.06. The van der Waals surface area contributed by atoms with Gasteiger partial charge in [-0.1, -0.05) is 37.3 Å². The van der Waals surface area contributed by atoms with Gasteiger partial charge in [-0.2, -0.15) is 0 Å². The van der Waals surface area contributed by atoms with E-state index in [2.05, 4.69) is 61.5 Å². The van der Waals surface area contributed by atoms with E-state index in [0.29, 0.717) is 5.75 Å². The molecule has 3 rings (SSSR count). The van der Waals surface area contributed by atoms with Gasteiger partial charge in [-0.25, -0.2) is 0 Å². The molecular weight excluding hydrogens is 378 g/mol. The SMILES string of the molecule is Br.CCC1C=CC=CC1(C1=CCN(C)C=C1)c1cc(OC)ccc1O. The Hall–Kier alpha value is -1.94. The van der Waals surface area contributed by atoms with E-state index in [0.717, 1.165) is 24.3 Å². The number of ether oxygens (including phenoxy) is 1. The first-order chi connectivity index (χ1) is 11.6. The van der Waals surface area contributed by atoms with Crippen molar-refractivity contribution in [2.75, 3.05) is 20.7 Å². The molecule has 0 saturated heterocycles. The molecule has 3 nitrogen and oxygen atoms in total. The van der Waals surface area contributed by atoms with E-state index in [9.17, 15) is 5.11 Å². The monoisotopic (exact) mass is 403 g/mol. The van der Waals surface area contributed by atoms with Gasteiger partial charge in [0.15, 0.2) is 0 Å². The van der Waals surface area contributed by atoms with Crippen LogP contribution in [-0.4, -0.2) is 30.7 Å². The van der Waals surface area contributed by atoms with Crippen LogP contribution in [0.1, 0.15) is 18.9 Å². The number of hydrogen-bond donors (Lipinski definition) is 1. The molecule has 0 radical (unpaired) electrons. The summed E-state index contributed by atoms with van der Waals surface area (Å²) in [4.78, 5) is 2.14. The normalized spacial score (nSPS) is 24.7. The Labute approximate surface area is 160 Å². The fourth-order valence-corrected chi connectivity index (χ4v) is 3.75. The topological polar surface area (TPSA) is 32.7 Å². The molecule has 2 aliphatic rings. The van der Waals surface area contributed by atoms with Gasteiger partial charge in [0.05, 0.1) is 7.11 Å². The molecule has 0 aromatic heterocycles. The summed E-state index contributed by atoms with van der Waals surface area (Å²) >= 11 is 0. The zero-order valence-corrected chi connectivity index (χ0v) is 16.7. The molecule has 1 heterocycles. The van der Waals surface area contributed by atoms with Crippen molar-refractivity contribution in [2.45, 2.75) is 18.8 Å². The van der Waals surface area contributed by atoms with Gasteiger partial charge in [0.1, 0.15) is 11.5 Å². The van der Waals surface area contributed by atoms with Crippen molar-refractivity contribution < 1.29 is 9.84 Å². The first-order valence-electron chi connectivity index (χ1n) is 8.44. The van der Waals surface area contributed by atoms with E-state index >= 15 is 0 Å². The predicted molar refractivity (Wildman–Crippen MR) is 109 cm³/mol. The first-order valence-corrected chi connectivity index (χ1v) is 8.44. The number of methoxy groups -OCH3 is 1. The molecular formula is C21H26BrNO2. The van der Waals surface area contributed by atoms with Gasteiger partial charge >= 0.3 is 0 Å². The Kier molecular flexibility index (Phi) is 6.17. The fraction of sp³-hybridized carbons (Fsp3) is 0.333. The Morgan fingerprint density at radius 1 is 1.32 bits per heavy atom. The molecule has 134 valence electrons. The molecule has 1 aromatic rings. The van der Waals surface area contributed by atoms with Crippen molar-refractivity contribution in [3.63, 3.8) is 0 Å². The Morgan fingerprint density at radius 3 is 2.76 bits per heavy atom. The van der Waals surface area contributed by atoms with E-state index in [4.69, 9.17) is 4.74 Å². The van der Waals surface area contributed by atoms with Crippen LogP contribution in [0.2, 0.25) is 0 Å². The van der Waals surface area contributed by atoms with E-state index in [1.54, 1.807) is 19.2 Å². The molecule has 0 saturated carbocycles. The van der Waals surface area contributed by atoms with E-state index in [-0.39, 0.29) is 28.3 Å². The second kappa shape index (κ2) is 7.96. The molecule has 1 aliphatic heterocycles. The molecule has 0 amide bonds. The van der Waals surface area contributed by atoms with Crippen LogP contribution in [0.15, 0.2) is 66.4 Å². The maximum absolute atomic E-state index is 10.7. The Morgan fingerprint density at radius 2 is 2.12 bits per heavy atom. The standard InChI is InChI=1S/C21H25NO2.BrH/c1-4-16-7-5-6-12-21(16,17-10-13-22(2)14-11-17)19-15-18(24-3)8-9-20(19)23;/h5-13,15-16,23H,4,14H2,1-3H3;1H. The number of likely N-dealkylation sites (N-methyl/N-ethyl adjacent to an activating group) is 1. The number of rotatable bonds is 4. The van der Waals surface area contributed by atoms with E-state index in [1.807, 2.05) is 6.07 Å². The third kappa shape index (κ3) is 3.40. The first kappa shape index (κ1) is 19.4. The van der Waals surface area contributed by atoms with Gasteiger partial charge in [-0.15, -0.1) is 17.0 Å². The number of hydrogen-bond acceptors (Lipinski definition) is 3. The van der Waals surface area contributed by atoms with Gasteiger partial charge in [-0.3, -0.25) is 0 Å². The summed E-state index contributed by atoms with van der Waals surface area (Å²) in [6, 6.07) is 5.50. The van der Waals surface area contributed by atoms with Crippen LogP contribution in [0.4, 0.5) is 0 Å². The second-order valence-electron chi connectivity index (χ2n) is 6.43. The lowest BCUT2D eigenvalue weighted by Gasteiger charge is -2.42. The molecule has 0 spiro atoms. The zero-order valence-electron chi connectivity index (χ0n) is 15.0. The van der Waals surface area contributed by atoms with Crippen LogP contribution < -0.4 is 4.74 Å². The number of nitrogens with zero attached hydrogens (tertiary/aromatic N) is 1. The average Bonchev–Trinajstić information content (AvgIpc) is 2.62. The minimum Gasteiger partial charge on any atom is -0.508 e. The summed E-state index contributed by atoms with van der Waals surface area (Å²) in [5, 5.41) is 10.7. The highest BCUT2D eigenvalue weighted by Gasteiger charge is 2.42. The fourth-order valence-electron chi connectivity index (χ4n) is 3.75. The maximum atomic E-state index is 10.7. The highest BCUT2D eigenvalue weighted by atomic mass is 79.9. The molecule has 1 aliphatic carbocycles. The highest BCUT2D eigenvalue weighted by molar-refractivity contribution is 8.93. The van der Waals surface area contributed by atoms with E-state index in [1.165, 1.54) is 5.57 Å². The third-order valence-corrected chi connectivity index (χ3v) is 5.07. The number of benzene rings is 1. The largest absolute Gasteiger partial charge is 0.508 e. The van der Waals surface area contributed by atoms with Crippen molar-refractivity contribution >= 4 is 17.0 Å². The number of aromatic hydroxyl groups is 1. The highest BCUT2D eigenvalue weighted by Crippen LogP contribution is 2.49. The van der Waals surface area contributed by atoms with Gasteiger partial charge in [0.25, 0.3) is 0 Å². The van der Waals surface area contributed by atoms with Gasteiger partial charge in [-0.05, 0) is 48.4 Å². The van der Waals surface area contributed by atoms with Crippen molar-refractivity contribution in [1.82, 2.24) is 4.90 Å². The van der Waals surface area contributed by atoms with Crippen molar-refractivity contribution in [3.8, 4) is 11.5 Å². The van der Waals surface area contributed by atoms with Crippen LogP contribution >= 0.6 is 17.0 Å². The lowest BCUT2D eigenvalue weighted by atomic mass is 9.62. The molecule has 1 aromatic carbocycles. The van der Waals surface area contributed by atoms with Crippen molar-refractivity contribution in [3.05, 3.63) is 72.0 Å². The Bertz CT molecular complexity index is 735. The second-order valence-corrected chi connectivity index (χ2v) is 6.43. The molecule has 0 fully saturated rings. The molecule has 2 atom stereocenters. The number of halogens is 1. The molecule has 25 heavy (non-hydrogen) atoms. The summed E-state index contributed by atoms with van der Waals surface area (Å²) in [6.07, 6.45) is 16.1. The van der Waals surface area contributed by atoms with E-state index < -0.39 is 0 Å². The lowest BCUT2D eigenvalue weighted by Crippen LogP contribution is -2.36. The summed E-state index contributed by atoms with van der Waals surface area (Å²) < 4.78 is 5.42. The summed E-state index contributed by atoms with van der Waals surface area (Å²) in [5.41, 5.74) is 1.74. The number of phenols is 1. The molecule has 0 bridgehead atoms. The van der Waals surface area contributed by atoms with Crippen LogP contribution in [0.5, 0.6) is 11.5 Å². The minimum atomic E-state index is -0.375. The van der Waals surface area contributed by atoms with Crippen LogP contribution in [0.3, 0.4) is 0 Å². The molecule has 2 unspecified atom stereocenters. The smallest absolute Gasteiger partial charge is 0.120 e. The van der Waals surface area contributed by atoms with Gasteiger partial charge in [0.2, 0.25) is 0 Å². The van der Waals surface area contributed by atoms with Gasteiger partial charge < -0.3 is 14.7 Å². The van der Waals surface area contributed by atoms with Crippen LogP contribution in [-0.2, 0) is 5.41 Å². The van der Waals surface area contributed by atoms with Crippen LogP contribution in [0, 0.1) is 5.92 Å². The zero-order chi connectivity index (χ0) is 17.2. The third-order valence-electron chi connectivity index (χ3n) is 5.07. The van der Waals surface area contributed by atoms with Crippen molar-refractivity contribution in [1.29, 1.82) is 0 Å². The average molecular weight is 404 g/mol. The number of phenolic OH excluding ortho intramolecular Hbond substituents is 1.